The highest BCUT2D eigenvalue weighted by Gasteiger charge is 2.16. The molecule has 0 heterocycles. The maximum Gasteiger partial charge on any atom is 0.217 e. The fraction of sp³-hybridized carbons (Fsp3) is 0.273. The van der Waals surface area contributed by atoms with Crippen molar-refractivity contribution in [3.05, 3.63) is 35.4 Å². The molecule has 3 heteroatoms. The van der Waals surface area contributed by atoms with Crippen LogP contribution < -0.4 is 0 Å². The Morgan fingerprint density at radius 2 is 1.64 bits per heavy atom. The predicted octanol–water partition coefficient (Wildman–Crippen LogP) is 2.60. The number of rotatable bonds is 3. The molecule has 0 aliphatic carbocycles. The van der Waals surface area contributed by atoms with Gasteiger partial charge >= 0.3 is 0 Å². The summed E-state index contributed by atoms with van der Waals surface area (Å²) in [6.07, 6.45) is 0. The number of carbonyl (C=O) groups is 2. The molecule has 14 heavy (non-hydrogen) atoms. The van der Waals surface area contributed by atoms with Gasteiger partial charge in [0.1, 0.15) is 0 Å². The predicted molar refractivity (Wildman–Crippen MR) is 58.9 cm³/mol. The van der Waals surface area contributed by atoms with E-state index in [4.69, 9.17) is 0 Å². The minimum atomic E-state index is -0.366. The van der Waals surface area contributed by atoms with E-state index in [1.54, 1.807) is 24.3 Å². The third-order valence-corrected chi connectivity index (χ3v) is 2.19. The number of thiol groups is 1. The number of hydrogen-bond donors (Lipinski definition) is 1. The number of benzene rings is 1. The number of carbonyl (C=O) groups excluding carboxylic acids is 2. The van der Waals surface area contributed by atoms with E-state index in [0.717, 1.165) is 0 Å². The standard InChI is InChI=1S/C11H12O2S/c1-7(2)10(12)8-5-3-4-6-9(8)11(13)14/h3-7H,1-2H3,(H,13,14). The van der Waals surface area contributed by atoms with Crippen molar-refractivity contribution < 1.29 is 9.59 Å². The van der Waals surface area contributed by atoms with Crippen LogP contribution in [0.3, 0.4) is 0 Å². The second kappa shape index (κ2) is 4.42. The van der Waals surface area contributed by atoms with Crippen molar-refractivity contribution in [3.63, 3.8) is 0 Å². The summed E-state index contributed by atoms with van der Waals surface area (Å²) < 4.78 is 0. The molecule has 1 aromatic carbocycles. The highest BCUT2D eigenvalue weighted by Crippen LogP contribution is 2.15. The second-order valence-electron chi connectivity index (χ2n) is 3.37. The lowest BCUT2D eigenvalue weighted by atomic mass is 9.97. The molecule has 0 bridgehead atoms. The summed E-state index contributed by atoms with van der Waals surface area (Å²) in [5.41, 5.74) is 0.844. The molecule has 0 spiro atoms. The number of Topliss-reactive ketones (excluding diaryl/α,β-unsaturated/α-hetero) is 1. The first-order valence-corrected chi connectivity index (χ1v) is 4.85. The van der Waals surface area contributed by atoms with Gasteiger partial charge in [0.2, 0.25) is 5.12 Å². The van der Waals surface area contributed by atoms with E-state index < -0.39 is 0 Å². The molecule has 0 aromatic heterocycles. The van der Waals surface area contributed by atoms with E-state index in [0.29, 0.717) is 11.1 Å². The van der Waals surface area contributed by atoms with Gasteiger partial charge in [0, 0.05) is 17.0 Å². The number of ketones is 1. The molecular weight excluding hydrogens is 196 g/mol. The van der Waals surface area contributed by atoms with E-state index >= 15 is 0 Å². The zero-order valence-corrected chi connectivity index (χ0v) is 9.04. The monoisotopic (exact) mass is 208 g/mol. The summed E-state index contributed by atoms with van der Waals surface area (Å²) in [5.74, 6) is -0.133. The Morgan fingerprint density at radius 3 is 2.07 bits per heavy atom. The van der Waals surface area contributed by atoms with Gasteiger partial charge in [-0.2, -0.15) is 0 Å². The first kappa shape index (κ1) is 11.0. The van der Waals surface area contributed by atoms with E-state index in [9.17, 15) is 9.59 Å². The largest absolute Gasteiger partial charge is 0.294 e. The van der Waals surface area contributed by atoms with Crippen molar-refractivity contribution in [1.29, 1.82) is 0 Å². The molecule has 0 saturated carbocycles. The molecule has 0 saturated heterocycles. The Hall–Kier alpha value is -1.09. The first-order chi connectivity index (χ1) is 6.54. The van der Waals surface area contributed by atoms with Crippen molar-refractivity contribution in [2.75, 3.05) is 0 Å². The fourth-order valence-electron chi connectivity index (χ4n) is 1.20. The van der Waals surface area contributed by atoms with E-state index in [-0.39, 0.29) is 16.8 Å². The SMILES string of the molecule is CC(C)C(=O)c1ccccc1C(=O)S. The normalized spacial score (nSPS) is 10.3. The summed E-state index contributed by atoms with van der Waals surface area (Å²) in [6.45, 7) is 3.62. The lowest BCUT2D eigenvalue weighted by molar-refractivity contribution is 0.0933. The third-order valence-electron chi connectivity index (χ3n) is 1.95. The molecule has 0 N–H and O–H groups in total. The Kier molecular flexibility index (Phi) is 3.47. The Balaban J connectivity index is 3.20. The summed E-state index contributed by atoms with van der Waals surface area (Å²) in [5, 5.41) is -0.366. The van der Waals surface area contributed by atoms with Crippen molar-refractivity contribution >= 4 is 23.5 Å². The van der Waals surface area contributed by atoms with Crippen LogP contribution in [0.2, 0.25) is 0 Å². The Labute approximate surface area is 88.7 Å². The smallest absolute Gasteiger partial charge is 0.217 e. The zero-order valence-electron chi connectivity index (χ0n) is 8.15. The minimum absolute atomic E-state index is 0.0250. The molecule has 2 nitrogen and oxygen atoms in total. The van der Waals surface area contributed by atoms with Gasteiger partial charge in [-0.25, -0.2) is 0 Å². The maximum atomic E-state index is 11.7. The van der Waals surface area contributed by atoms with Crippen LogP contribution in [0.25, 0.3) is 0 Å². The summed E-state index contributed by atoms with van der Waals surface area (Å²) >= 11 is 3.73. The van der Waals surface area contributed by atoms with Crippen LogP contribution in [0.1, 0.15) is 34.6 Å². The highest BCUT2D eigenvalue weighted by atomic mass is 32.1. The van der Waals surface area contributed by atoms with Gasteiger partial charge in [0.15, 0.2) is 5.78 Å². The van der Waals surface area contributed by atoms with Crippen molar-refractivity contribution in [2.24, 2.45) is 5.92 Å². The van der Waals surface area contributed by atoms with Crippen LogP contribution in [0.5, 0.6) is 0 Å². The average molecular weight is 208 g/mol. The topological polar surface area (TPSA) is 34.1 Å². The Bertz CT molecular complexity index is 369. The van der Waals surface area contributed by atoms with Gasteiger partial charge in [0.25, 0.3) is 0 Å². The van der Waals surface area contributed by atoms with E-state index in [1.807, 2.05) is 13.8 Å². The fourth-order valence-corrected chi connectivity index (χ4v) is 1.39. The van der Waals surface area contributed by atoms with E-state index in [1.165, 1.54) is 0 Å². The molecule has 1 rings (SSSR count). The van der Waals surface area contributed by atoms with Crippen molar-refractivity contribution in [2.45, 2.75) is 13.8 Å². The van der Waals surface area contributed by atoms with Gasteiger partial charge in [0.05, 0.1) is 0 Å². The lowest BCUT2D eigenvalue weighted by Gasteiger charge is -2.07. The molecule has 0 aliphatic rings. The third kappa shape index (κ3) is 2.23. The van der Waals surface area contributed by atoms with Crippen LogP contribution in [-0.2, 0) is 0 Å². The molecule has 0 aliphatic heterocycles. The van der Waals surface area contributed by atoms with Crippen LogP contribution in [-0.4, -0.2) is 10.9 Å². The van der Waals surface area contributed by atoms with E-state index in [2.05, 4.69) is 12.6 Å². The van der Waals surface area contributed by atoms with Crippen molar-refractivity contribution in [1.82, 2.24) is 0 Å². The summed E-state index contributed by atoms with van der Waals surface area (Å²) in [4.78, 5) is 22.8. The van der Waals surface area contributed by atoms with Crippen LogP contribution >= 0.6 is 12.6 Å². The van der Waals surface area contributed by atoms with Crippen LogP contribution in [0.4, 0.5) is 0 Å². The van der Waals surface area contributed by atoms with Gasteiger partial charge in [-0.1, -0.05) is 32.0 Å². The van der Waals surface area contributed by atoms with Crippen LogP contribution in [0.15, 0.2) is 24.3 Å². The first-order valence-electron chi connectivity index (χ1n) is 4.40. The van der Waals surface area contributed by atoms with Crippen LogP contribution in [0, 0.1) is 5.92 Å². The molecule has 74 valence electrons. The molecule has 0 radical (unpaired) electrons. The zero-order chi connectivity index (χ0) is 10.7. The second-order valence-corrected chi connectivity index (χ2v) is 3.78. The Morgan fingerprint density at radius 1 is 1.14 bits per heavy atom. The molecule has 0 atom stereocenters. The quantitative estimate of drug-likeness (QED) is 0.612. The summed E-state index contributed by atoms with van der Waals surface area (Å²) in [6, 6.07) is 6.74. The maximum absolute atomic E-state index is 11.7. The van der Waals surface area contributed by atoms with Gasteiger partial charge in [-0.15, -0.1) is 12.6 Å². The van der Waals surface area contributed by atoms with Crippen molar-refractivity contribution in [3.8, 4) is 0 Å². The molecule has 0 amide bonds. The minimum Gasteiger partial charge on any atom is -0.294 e. The average Bonchev–Trinajstić information content (AvgIpc) is 2.16. The number of hydrogen-bond acceptors (Lipinski definition) is 2. The van der Waals surface area contributed by atoms with Gasteiger partial charge < -0.3 is 0 Å². The lowest BCUT2D eigenvalue weighted by Crippen LogP contribution is -2.11. The molecule has 1 aromatic rings. The van der Waals surface area contributed by atoms with Gasteiger partial charge in [-0.05, 0) is 6.07 Å². The van der Waals surface area contributed by atoms with Gasteiger partial charge in [-0.3, -0.25) is 9.59 Å². The highest BCUT2D eigenvalue weighted by molar-refractivity contribution is 7.97. The molecule has 0 fully saturated rings. The molecule has 0 unspecified atom stereocenters. The summed E-state index contributed by atoms with van der Waals surface area (Å²) in [7, 11) is 0. The molecular formula is C11H12O2S.